The largest absolute Gasteiger partial charge is 0.369 e. The number of aromatic amines is 1. The first kappa shape index (κ1) is 14.2. The fraction of sp³-hybridized carbons (Fsp3) is 0.765. The fourth-order valence-corrected chi connectivity index (χ4v) is 4.83. The van der Waals surface area contributed by atoms with E-state index >= 15 is 0 Å². The molecule has 1 aliphatic heterocycles. The Hall–Kier alpha value is -1.36. The van der Waals surface area contributed by atoms with Crippen molar-refractivity contribution in [1.82, 2.24) is 15.5 Å². The topological polar surface area (TPSA) is 83.8 Å². The van der Waals surface area contributed by atoms with E-state index in [1.54, 1.807) is 0 Å². The molecule has 4 rings (SSSR count). The number of piperidine rings is 1. The van der Waals surface area contributed by atoms with E-state index in [2.05, 4.69) is 22.4 Å². The highest BCUT2D eigenvalue weighted by Crippen LogP contribution is 2.54. The highest BCUT2D eigenvalue weighted by Gasteiger charge is 2.56. The van der Waals surface area contributed by atoms with Crippen molar-refractivity contribution in [1.29, 1.82) is 0 Å². The van der Waals surface area contributed by atoms with Crippen LogP contribution >= 0.6 is 0 Å². The molecule has 2 heterocycles. The molecule has 1 saturated carbocycles. The predicted octanol–water partition coefficient (Wildman–Crippen LogP) is 1.46. The average Bonchev–Trinajstić information content (AvgIpc) is 3.00. The molecule has 3 aliphatic rings. The number of carbonyl (C=O) groups is 1. The van der Waals surface area contributed by atoms with Crippen LogP contribution < -0.4 is 11.1 Å². The van der Waals surface area contributed by atoms with Crippen LogP contribution in [0.1, 0.15) is 49.1 Å². The molecule has 1 amide bonds. The van der Waals surface area contributed by atoms with Crippen molar-refractivity contribution in [3.05, 3.63) is 17.0 Å². The molecule has 5 nitrogen and oxygen atoms in total. The van der Waals surface area contributed by atoms with E-state index in [4.69, 9.17) is 5.73 Å². The Morgan fingerprint density at radius 2 is 2.27 bits per heavy atom. The van der Waals surface area contributed by atoms with E-state index in [0.717, 1.165) is 37.6 Å². The maximum absolute atomic E-state index is 11.5. The number of amides is 1. The lowest BCUT2D eigenvalue weighted by molar-refractivity contribution is -0.123. The molecular weight excluding hydrogens is 276 g/mol. The predicted molar refractivity (Wildman–Crippen MR) is 84.2 cm³/mol. The summed E-state index contributed by atoms with van der Waals surface area (Å²) in [4.78, 5) is 11.5. The third-order valence-corrected chi connectivity index (χ3v) is 6.29. The van der Waals surface area contributed by atoms with Gasteiger partial charge in [0.2, 0.25) is 5.91 Å². The Balaban J connectivity index is 1.38. The van der Waals surface area contributed by atoms with E-state index in [0.29, 0.717) is 0 Å². The van der Waals surface area contributed by atoms with E-state index < -0.39 is 0 Å². The maximum Gasteiger partial charge on any atom is 0.220 e. The smallest absolute Gasteiger partial charge is 0.220 e. The van der Waals surface area contributed by atoms with Gasteiger partial charge in [0.25, 0.3) is 0 Å². The Morgan fingerprint density at radius 3 is 3.09 bits per heavy atom. The van der Waals surface area contributed by atoms with Crippen molar-refractivity contribution >= 4 is 5.91 Å². The van der Waals surface area contributed by atoms with Crippen molar-refractivity contribution in [2.24, 2.45) is 23.5 Å². The number of nitrogens with two attached hydrogens (primary N) is 1. The monoisotopic (exact) mass is 302 g/mol. The molecule has 0 bridgehead atoms. The first-order valence-electron chi connectivity index (χ1n) is 8.64. The van der Waals surface area contributed by atoms with E-state index in [1.807, 2.05) is 0 Å². The number of H-pyrrole nitrogens is 1. The molecule has 2 fully saturated rings. The molecule has 22 heavy (non-hydrogen) atoms. The number of nitrogens with one attached hydrogen (secondary N) is 2. The number of aromatic nitrogens is 2. The van der Waals surface area contributed by atoms with Crippen LogP contribution in [-0.4, -0.2) is 28.2 Å². The van der Waals surface area contributed by atoms with Crippen LogP contribution in [-0.2, 0) is 17.6 Å². The van der Waals surface area contributed by atoms with Gasteiger partial charge in [0.05, 0.1) is 5.69 Å². The summed E-state index contributed by atoms with van der Waals surface area (Å²) in [6.07, 6.45) is 7.94. The molecule has 1 saturated heterocycles. The molecule has 2 aliphatic carbocycles. The zero-order valence-corrected chi connectivity index (χ0v) is 13.3. The Morgan fingerprint density at radius 1 is 1.41 bits per heavy atom. The SMILES string of the molecule is Cc1n[nH]c2c1C[C@@H](CC1CC13CC(C(N)=O)CCN3)CC2. The van der Waals surface area contributed by atoms with Crippen molar-refractivity contribution in [2.75, 3.05) is 6.54 Å². The Labute approximate surface area is 131 Å². The molecule has 3 unspecified atom stereocenters. The summed E-state index contributed by atoms with van der Waals surface area (Å²) in [5.74, 6) is 1.47. The van der Waals surface area contributed by atoms with Crippen LogP contribution in [0.4, 0.5) is 0 Å². The van der Waals surface area contributed by atoms with E-state index in [9.17, 15) is 4.79 Å². The third-order valence-electron chi connectivity index (χ3n) is 6.29. The minimum Gasteiger partial charge on any atom is -0.369 e. The van der Waals surface area contributed by atoms with Crippen molar-refractivity contribution in [3.8, 4) is 0 Å². The van der Waals surface area contributed by atoms with Gasteiger partial charge in [0, 0.05) is 17.2 Å². The summed E-state index contributed by atoms with van der Waals surface area (Å²) in [6, 6.07) is 0. The second-order valence-electron chi connectivity index (χ2n) is 7.69. The molecule has 120 valence electrons. The van der Waals surface area contributed by atoms with Gasteiger partial charge in [-0.3, -0.25) is 9.89 Å². The number of hydrogen-bond donors (Lipinski definition) is 3. The number of aryl methyl sites for hydroxylation is 2. The first-order chi connectivity index (χ1) is 10.6. The number of primary amides is 1. The van der Waals surface area contributed by atoms with Crippen molar-refractivity contribution in [2.45, 2.75) is 57.4 Å². The quantitative estimate of drug-likeness (QED) is 0.790. The molecule has 1 aromatic rings. The Bertz CT molecular complexity index is 595. The lowest BCUT2D eigenvalue weighted by Crippen LogP contribution is -2.45. The van der Waals surface area contributed by atoms with Gasteiger partial charge in [-0.25, -0.2) is 0 Å². The number of hydrogen-bond acceptors (Lipinski definition) is 3. The van der Waals surface area contributed by atoms with Gasteiger partial charge in [-0.15, -0.1) is 0 Å². The highest BCUT2D eigenvalue weighted by molar-refractivity contribution is 5.77. The van der Waals surface area contributed by atoms with Crippen LogP contribution in [0.25, 0.3) is 0 Å². The molecule has 5 heteroatoms. The molecule has 1 spiro atoms. The lowest BCUT2D eigenvalue weighted by atomic mass is 9.81. The fourth-order valence-electron chi connectivity index (χ4n) is 4.83. The standard InChI is InChI=1S/C17H26N4O/c1-10-14-7-11(2-3-15(14)21-20-10)6-13-9-17(13)8-12(16(18)22)4-5-19-17/h11-13,19H,2-9H2,1H3,(H2,18,22)(H,20,21)/t11-,12?,13?,17?/m1/s1. The molecule has 0 aromatic carbocycles. The lowest BCUT2D eigenvalue weighted by Gasteiger charge is -2.31. The molecular formula is C17H26N4O. The van der Waals surface area contributed by atoms with Crippen LogP contribution in [0.15, 0.2) is 0 Å². The molecule has 4 N–H and O–H groups in total. The van der Waals surface area contributed by atoms with Gasteiger partial charge >= 0.3 is 0 Å². The number of carbonyl (C=O) groups excluding carboxylic acids is 1. The number of nitrogens with zero attached hydrogens (tertiary/aromatic N) is 1. The summed E-state index contributed by atoms with van der Waals surface area (Å²) < 4.78 is 0. The summed E-state index contributed by atoms with van der Waals surface area (Å²) in [5.41, 5.74) is 9.74. The van der Waals surface area contributed by atoms with Gasteiger partial charge in [-0.1, -0.05) is 0 Å². The van der Waals surface area contributed by atoms with Crippen LogP contribution in [0, 0.1) is 24.7 Å². The van der Waals surface area contributed by atoms with Gasteiger partial charge < -0.3 is 11.1 Å². The average molecular weight is 302 g/mol. The molecule has 0 radical (unpaired) electrons. The van der Waals surface area contributed by atoms with Crippen LogP contribution in [0.2, 0.25) is 0 Å². The third kappa shape index (κ3) is 2.35. The molecule has 1 aromatic heterocycles. The minimum atomic E-state index is -0.108. The van der Waals surface area contributed by atoms with Gasteiger partial charge in [0.15, 0.2) is 0 Å². The second-order valence-corrected chi connectivity index (χ2v) is 7.69. The normalized spacial score (nSPS) is 37.0. The zero-order chi connectivity index (χ0) is 15.3. The van der Waals surface area contributed by atoms with Crippen molar-refractivity contribution in [3.63, 3.8) is 0 Å². The molecule has 4 atom stereocenters. The first-order valence-corrected chi connectivity index (χ1v) is 8.64. The zero-order valence-electron chi connectivity index (χ0n) is 13.3. The van der Waals surface area contributed by atoms with E-state index in [-0.39, 0.29) is 17.4 Å². The number of fused-ring (bicyclic) bond motifs is 1. The maximum atomic E-state index is 11.5. The Kier molecular flexibility index (Phi) is 3.29. The van der Waals surface area contributed by atoms with E-state index in [1.165, 1.54) is 42.6 Å². The van der Waals surface area contributed by atoms with Gasteiger partial charge in [-0.2, -0.15) is 5.10 Å². The van der Waals surface area contributed by atoms with Crippen LogP contribution in [0.3, 0.4) is 0 Å². The summed E-state index contributed by atoms with van der Waals surface area (Å²) >= 11 is 0. The van der Waals surface area contributed by atoms with Gasteiger partial charge in [-0.05, 0) is 75.8 Å². The van der Waals surface area contributed by atoms with Gasteiger partial charge in [0.1, 0.15) is 0 Å². The summed E-state index contributed by atoms with van der Waals surface area (Å²) in [7, 11) is 0. The van der Waals surface area contributed by atoms with Crippen LogP contribution in [0.5, 0.6) is 0 Å². The highest BCUT2D eigenvalue weighted by atomic mass is 16.1. The second kappa shape index (κ2) is 5.08. The number of rotatable bonds is 3. The van der Waals surface area contributed by atoms with Crippen molar-refractivity contribution < 1.29 is 4.79 Å². The summed E-state index contributed by atoms with van der Waals surface area (Å²) in [5, 5.41) is 11.2. The summed E-state index contributed by atoms with van der Waals surface area (Å²) in [6.45, 7) is 3.05. The minimum absolute atomic E-state index is 0.0836.